The number of carbonyl (C=O) groups excluding carboxylic acids is 1. The van der Waals surface area contributed by atoms with Crippen molar-refractivity contribution in [3.63, 3.8) is 0 Å². The molecule has 2 amide bonds. The van der Waals surface area contributed by atoms with Gasteiger partial charge in [-0.2, -0.15) is 0 Å². The molecule has 2 atom stereocenters. The molecule has 5 heteroatoms. The fourth-order valence-corrected chi connectivity index (χ4v) is 2.66. The molecule has 2 rings (SSSR count). The molecule has 1 aromatic carbocycles. The first-order valence-corrected chi connectivity index (χ1v) is 7.04. The zero-order valence-electron chi connectivity index (χ0n) is 11.7. The highest BCUT2D eigenvalue weighted by Gasteiger charge is 2.25. The van der Waals surface area contributed by atoms with Crippen molar-refractivity contribution in [2.75, 3.05) is 11.9 Å². The van der Waals surface area contributed by atoms with E-state index in [1.54, 1.807) is 19.1 Å². The normalized spacial score (nSPS) is 22.4. The van der Waals surface area contributed by atoms with Gasteiger partial charge in [-0.1, -0.05) is 18.9 Å². The van der Waals surface area contributed by atoms with E-state index in [1.807, 2.05) is 0 Å². The highest BCUT2D eigenvalue weighted by atomic mass is 19.1. The molecule has 3 N–H and O–H groups in total. The number of nitrogens with one attached hydrogen (secondary N) is 2. The standard InChI is InChI=1S/C15H21FN2O2/c1-10-6-7-14(12(16)8-10)18-15(20)17-13-5-3-2-4-11(13)9-19/h6-8,11,13,19H,2-5,9H2,1H3,(H2,17,18,20). The van der Waals surface area contributed by atoms with Crippen LogP contribution in [0, 0.1) is 18.7 Å². The van der Waals surface area contributed by atoms with Crippen LogP contribution in [0.1, 0.15) is 31.2 Å². The van der Waals surface area contributed by atoms with Crippen LogP contribution < -0.4 is 10.6 Å². The molecule has 20 heavy (non-hydrogen) atoms. The molecule has 1 fully saturated rings. The third kappa shape index (κ3) is 3.70. The average Bonchev–Trinajstić information content (AvgIpc) is 2.42. The van der Waals surface area contributed by atoms with Crippen LogP contribution >= 0.6 is 0 Å². The van der Waals surface area contributed by atoms with Gasteiger partial charge in [0.15, 0.2) is 0 Å². The van der Waals surface area contributed by atoms with Crippen molar-refractivity contribution in [1.82, 2.24) is 5.32 Å². The maximum Gasteiger partial charge on any atom is 0.319 e. The lowest BCUT2D eigenvalue weighted by Crippen LogP contribution is -2.45. The molecule has 0 spiro atoms. The van der Waals surface area contributed by atoms with Crippen molar-refractivity contribution in [3.8, 4) is 0 Å². The molecule has 4 nitrogen and oxygen atoms in total. The Kier molecular flexibility index (Phi) is 4.95. The van der Waals surface area contributed by atoms with Crippen molar-refractivity contribution in [2.45, 2.75) is 38.6 Å². The number of aliphatic hydroxyl groups is 1. The smallest absolute Gasteiger partial charge is 0.319 e. The minimum absolute atomic E-state index is 0.0396. The van der Waals surface area contributed by atoms with Gasteiger partial charge in [0.2, 0.25) is 0 Å². The first-order valence-electron chi connectivity index (χ1n) is 7.04. The SMILES string of the molecule is Cc1ccc(NC(=O)NC2CCCCC2CO)c(F)c1. The number of urea groups is 1. The number of benzene rings is 1. The molecule has 110 valence electrons. The van der Waals surface area contributed by atoms with E-state index in [1.165, 1.54) is 6.07 Å². The van der Waals surface area contributed by atoms with E-state index >= 15 is 0 Å². The Hall–Kier alpha value is -1.62. The number of hydrogen-bond donors (Lipinski definition) is 3. The molecule has 0 bridgehead atoms. The highest BCUT2D eigenvalue weighted by Crippen LogP contribution is 2.24. The van der Waals surface area contributed by atoms with E-state index < -0.39 is 11.8 Å². The Morgan fingerprint density at radius 2 is 2.15 bits per heavy atom. The molecule has 0 radical (unpaired) electrons. The van der Waals surface area contributed by atoms with Gasteiger partial charge in [0.05, 0.1) is 5.69 Å². The van der Waals surface area contributed by atoms with Gasteiger partial charge in [0, 0.05) is 18.6 Å². The predicted octanol–water partition coefficient (Wildman–Crippen LogP) is 2.81. The molecule has 2 unspecified atom stereocenters. The van der Waals surface area contributed by atoms with Gasteiger partial charge in [-0.05, 0) is 37.5 Å². The third-order valence-corrected chi connectivity index (χ3v) is 3.83. The Labute approximate surface area is 118 Å². The Morgan fingerprint density at radius 1 is 1.40 bits per heavy atom. The van der Waals surface area contributed by atoms with Gasteiger partial charge in [0.25, 0.3) is 0 Å². The molecular formula is C15H21FN2O2. The number of amides is 2. The van der Waals surface area contributed by atoms with Crippen molar-refractivity contribution in [3.05, 3.63) is 29.6 Å². The summed E-state index contributed by atoms with van der Waals surface area (Å²) in [6.07, 6.45) is 3.90. The molecule has 1 saturated carbocycles. The van der Waals surface area contributed by atoms with Crippen LogP contribution in [0.25, 0.3) is 0 Å². The van der Waals surface area contributed by atoms with Crippen LogP contribution in [0.2, 0.25) is 0 Å². The van der Waals surface area contributed by atoms with E-state index in [2.05, 4.69) is 10.6 Å². The van der Waals surface area contributed by atoms with E-state index in [4.69, 9.17) is 0 Å². The summed E-state index contributed by atoms with van der Waals surface area (Å²) in [5.74, 6) is -0.347. The highest BCUT2D eigenvalue weighted by molar-refractivity contribution is 5.89. The second-order valence-electron chi connectivity index (χ2n) is 5.42. The second-order valence-corrected chi connectivity index (χ2v) is 5.42. The minimum Gasteiger partial charge on any atom is -0.396 e. The lowest BCUT2D eigenvalue weighted by atomic mass is 9.85. The lowest BCUT2D eigenvalue weighted by Gasteiger charge is -2.30. The quantitative estimate of drug-likeness (QED) is 0.797. The monoisotopic (exact) mass is 280 g/mol. The van der Waals surface area contributed by atoms with E-state index in [-0.39, 0.29) is 24.3 Å². The van der Waals surface area contributed by atoms with E-state index in [0.29, 0.717) is 0 Å². The number of anilines is 1. The molecule has 0 aromatic heterocycles. The summed E-state index contributed by atoms with van der Waals surface area (Å²) in [7, 11) is 0. The summed E-state index contributed by atoms with van der Waals surface area (Å²) in [6, 6.07) is 4.22. The van der Waals surface area contributed by atoms with Crippen molar-refractivity contribution in [1.29, 1.82) is 0 Å². The van der Waals surface area contributed by atoms with Gasteiger partial charge in [-0.3, -0.25) is 0 Å². The number of aryl methyl sites for hydroxylation is 1. The van der Waals surface area contributed by atoms with Crippen LogP contribution in [0.15, 0.2) is 18.2 Å². The number of aliphatic hydroxyl groups excluding tert-OH is 1. The maximum absolute atomic E-state index is 13.6. The molecule has 1 aromatic rings. The molecule has 1 aliphatic rings. The van der Waals surface area contributed by atoms with Crippen LogP contribution in [0.4, 0.5) is 14.9 Å². The van der Waals surface area contributed by atoms with E-state index in [0.717, 1.165) is 31.2 Å². The zero-order valence-corrected chi connectivity index (χ0v) is 11.7. The molecule has 0 heterocycles. The summed E-state index contributed by atoms with van der Waals surface area (Å²) >= 11 is 0. The predicted molar refractivity (Wildman–Crippen MR) is 76.1 cm³/mol. The first kappa shape index (κ1) is 14.8. The molecular weight excluding hydrogens is 259 g/mol. The molecule has 0 saturated heterocycles. The summed E-state index contributed by atoms with van der Waals surface area (Å²) in [5, 5.41) is 14.7. The summed E-state index contributed by atoms with van der Waals surface area (Å²) < 4.78 is 13.6. The van der Waals surface area contributed by atoms with E-state index in [9.17, 15) is 14.3 Å². The van der Waals surface area contributed by atoms with Crippen molar-refractivity contribution in [2.24, 2.45) is 5.92 Å². The lowest BCUT2D eigenvalue weighted by molar-refractivity contribution is 0.156. The van der Waals surface area contributed by atoms with Crippen molar-refractivity contribution >= 4 is 11.7 Å². The number of halogens is 1. The van der Waals surface area contributed by atoms with Gasteiger partial charge in [-0.25, -0.2) is 9.18 Å². The number of rotatable bonds is 3. The molecule has 1 aliphatic carbocycles. The van der Waals surface area contributed by atoms with Gasteiger partial charge in [-0.15, -0.1) is 0 Å². The number of hydrogen-bond acceptors (Lipinski definition) is 2. The van der Waals surface area contributed by atoms with Crippen LogP contribution in [0.3, 0.4) is 0 Å². The molecule has 0 aliphatic heterocycles. The largest absolute Gasteiger partial charge is 0.396 e. The summed E-state index contributed by atoms with van der Waals surface area (Å²) in [4.78, 5) is 11.9. The van der Waals surface area contributed by atoms with Gasteiger partial charge in [0.1, 0.15) is 5.82 Å². The second kappa shape index (κ2) is 6.70. The third-order valence-electron chi connectivity index (χ3n) is 3.83. The summed E-state index contributed by atoms with van der Waals surface area (Å²) in [6.45, 7) is 1.87. The summed E-state index contributed by atoms with van der Waals surface area (Å²) in [5.41, 5.74) is 0.977. The van der Waals surface area contributed by atoms with Crippen LogP contribution in [0.5, 0.6) is 0 Å². The Bertz CT molecular complexity index is 479. The van der Waals surface area contributed by atoms with Gasteiger partial charge < -0.3 is 15.7 Å². The van der Waals surface area contributed by atoms with Gasteiger partial charge >= 0.3 is 6.03 Å². The fourth-order valence-electron chi connectivity index (χ4n) is 2.66. The maximum atomic E-state index is 13.6. The fraction of sp³-hybridized carbons (Fsp3) is 0.533. The number of carbonyl (C=O) groups is 1. The van der Waals surface area contributed by atoms with Crippen molar-refractivity contribution < 1.29 is 14.3 Å². The van der Waals surface area contributed by atoms with Crippen LogP contribution in [-0.4, -0.2) is 23.8 Å². The topological polar surface area (TPSA) is 61.4 Å². The Morgan fingerprint density at radius 3 is 2.85 bits per heavy atom. The zero-order chi connectivity index (χ0) is 14.5. The first-order chi connectivity index (χ1) is 9.60. The Balaban J connectivity index is 1.94. The minimum atomic E-state index is -0.442. The van der Waals surface area contributed by atoms with Crippen LogP contribution in [-0.2, 0) is 0 Å². The average molecular weight is 280 g/mol.